The van der Waals surface area contributed by atoms with Crippen molar-refractivity contribution in [1.82, 2.24) is 15.2 Å². The summed E-state index contributed by atoms with van der Waals surface area (Å²) in [5.41, 5.74) is 0.373. The lowest BCUT2D eigenvalue weighted by Gasteiger charge is -2.20. The minimum Gasteiger partial charge on any atom is -0.331 e. The van der Waals surface area contributed by atoms with Crippen LogP contribution in [0.15, 0.2) is 47.0 Å². The van der Waals surface area contributed by atoms with Gasteiger partial charge in [0.1, 0.15) is 11.6 Å². The molecule has 3 rings (SSSR count). The quantitative estimate of drug-likeness (QED) is 0.238. The van der Waals surface area contributed by atoms with Crippen molar-refractivity contribution in [1.29, 1.82) is 0 Å². The fourth-order valence-corrected chi connectivity index (χ4v) is 4.60. The standard InChI is InChI=1S/C19H17ClF4N3O3P/c1-2-29-31(28,25-10-13-5-3-4-6-15(13)21)11-14-8-7-12(9-16(14)22)17-26-18(30-27-17)19(20,23)24/h3-9H,2,10-11H2,1H3,(H,25,28). The maximum atomic E-state index is 14.6. The van der Waals surface area contributed by atoms with E-state index < -0.39 is 30.4 Å². The number of aromatic nitrogens is 2. The molecular weight excluding hydrogens is 461 g/mol. The molecule has 1 heterocycles. The van der Waals surface area contributed by atoms with Crippen molar-refractivity contribution >= 4 is 19.1 Å². The second-order valence-corrected chi connectivity index (χ2v) is 9.11. The number of benzene rings is 2. The highest BCUT2D eigenvalue weighted by molar-refractivity contribution is 7.56. The number of nitrogens with zero attached hydrogens (tertiary/aromatic N) is 2. The van der Waals surface area contributed by atoms with E-state index in [2.05, 4.69) is 19.8 Å². The average Bonchev–Trinajstić information content (AvgIpc) is 3.20. The Hall–Kier alpha value is -2.26. The first-order valence-electron chi connectivity index (χ1n) is 9.03. The van der Waals surface area contributed by atoms with E-state index in [0.717, 1.165) is 6.07 Å². The Morgan fingerprint density at radius 1 is 1.16 bits per heavy atom. The van der Waals surface area contributed by atoms with Gasteiger partial charge in [0.25, 0.3) is 7.52 Å². The van der Waals surface area contributed by atoms with Crippen molar-refractivity contribution in [3.63, 3.8) is 0 Å². The van der Waals surface area contributed by atoms with Crippen LogP contribution in [0.3, 0.4) is 0 Å². The Bertz CT molecular complexity index is 1110. The van der Waals surface area contributed by atoms with Gasteiger partial charge in [-0.2, -0.15) is 13.8 Å². The Labute approximate surface area is 180 Å². The zero-order valence-corrected chi connectivity index (χ0v) is 17.8. The first kappa shape index (κ1) is 23.4. The molecule has 0 bridgehead atoms. The van der Waals surface area contributed by atoms with Gasteiger partial charge >= 0.3 is 11.3 Å². The smallest absolute Gasteiger partial charge is 0.331 e. The van der Waals surface area contributed by atoms with E-state index in [1.165, 1.54) is 30.3 Å². The lowest BCUT2D eigenvalue weighted by atomic mass is 10.1. The van der Waals surface area contributed by atoms with Gasteiger partial charge in [-0.1, -0.05) is 35.5 Å². The first-order valence-corrected chi connectivity index (χ1v) is 11.2. The predicted octanol–water partition coefficient (Wildman–Crippen LogP) is 5.82. The van der Waals surface area contributed by atoms with Crippen LogP contribution in [0.5, 0.6) is 0 Å². The highest BCUT2D eigenvalue weighted by atomic mass is 35.5. The molecule has 0 saturated carbocycles. The lowest BCUT2D eigenvalue weighted by Crippen LogP contribution is -2.15. The summed E-state index contributed by atoms with van der Waals surface area (Å²) >= 11 is 4.82. The summed E-state index contributed by atoms with van der Waals surface area (Å²) in [5, 5.41) is 2.19. The third-order valence-corrected chi connectivity index (χ3v) is 6.40. The van der Waals surface area contributed by atoms with Crippen LogP contribution >= 0.6 is 19.1 Å². The van der Waals surface area contributed by atoms with E-state index in [-0.39, 0.29) is 41.8 Å². The normalized spacial score (nSPS) is 13.9. The van der Waals surface area contributed by atoms with Crippen LogP contribution in [0.2, 0.25) is 0 Å². The number of halogens is 5. The van der Waals surface area contributed by atoms with Gasteiger partial charge in [0, 0.05) is 17.7 Å². The summed E-state index contributed by atoms with van der Waals surface area (Å²) in [5.74, 6) is -2.66. The SMILES string of the molecule is CCOP(=O)(Cc1ccc(-c2noc(C(F)(F)Cl)n2)cc1F)NCc1ccccc1F. The largest absolute Gasteiger partial charge is 0.400 e. The number of hydrogen-bond acceptors (Lipinski definition) is 5. The Kier molecular flexibility index (Phi) is 7.16. The second kappa shape index (κ2) is 9.48. The van der Waals surface area contributed by atoms with Gasteiger partial charge in [0.2, 0.25) is 5.82 Å². The van der Waals surface area contributed by atoms with Gasteiger partial charge in [-0.15, -0.1) is 0 Å². The molecule has 1 aromatic heterocycles. The van der Waals surface area contributed by atoms with Crippen LogP contribution in [0.1, 0.15) is 23.9 Å². The van der Waals surface area contributed by atoms with E-state index in [9.17, 15) is 22.1 Å². The summed E-state index contributed by atoms with van der Waals surface area (Å²) in [6.45, 7) is 1.62. The number of hydrogen-bond donors (Lipinski definition) is 1. The molecule has 6 nitrogen and oxygen atoms in total. The highest BCUT2D eigenvalue weighted by Crippen LogP contribution is 2.47. The lowest BCUT2D eigenvalue weighted by molar-refractivity contribution is 0.0551. The van der Waals surface area contributed by atoms with Crippen molar-refractivity contribution in [3.8, 4) is 11.4 Å². The molecule has 0 aliphatic heterocycles. The average molecular weight is 478 g/mol. The molecule has 3 aromatic rings. The molecule has 0 aliphatic carbocycles. The molecule has 0 amide bonds. The van der Waals surface area contributed by atoms with Gasteiger partial charge in [0.15, 0.2) is 0 Å². The Balaban J connectivity index is 1.78. The summed E-state index contributed by atoms with van der Waals surface area (Å²) in [6.07, 6.45) is -0.321. The number of alkyl halides is 3. The van der Waals surface area contributed by atoms with Crippen molar-refractivity contribution < 1.29 is 31.2 Å². The molecule has 166 valence electrons. The van der Waals surface area contributed by atoms with Crippen molar-refractivity contribution in [2.75, 3.05) is 6.61 Å². The van der Waals surface area contributed by atoms with Gasteiger partial charge in [-0.25, -0.2) is 13.9 Å². The van der Waals surface area contributed by atoms with Crippen LogP contribution in [0.4, 0.5) is 17.6 Å². The maximum Gasteiger partial charge on any atom is 0.400 e. The molecule has 0 fully saturated rings. The number of nitrogens with one attached hydrogen (secondary N) is 1. The molecule has 0 saturated heterocycles. The van der Waals surface area contributed by atoms with Crippen LogP contribution in [-0.2, 0) is 27.2 Å². The van der Waals surface area contributed by atoms with Crippen LogP contribution in [0, 0.1) is 11.6 Å². The zero-order valence-electron chi connectivity index (χ0n) is 16.1. The summed E-state index contributed by atoms with van der Waals surface area (Å²) in [7, 11) is -3.58. The Morgan fingerprint density at radius 3 is 2.52 bits per heavy atom. The first-order chi connectivity index (χ1) is 14.6. The van der Waals surface area contributed by atoms with E-state index in [1.807, 2.05) is 0 Å². The van der Waals surface area contributed by atoms with Crippen molar-refractivity contribution in [2.24, 2.45) is 0 Å². The van der Waals surface area contributed by atoms with E-state index >= 15 is 0 Å². The number of rotatable bonds is 9. The molecule has 0 radical (unpaired) electrons. The molecule has 1 atom stereocenters. The third kappa shape index (κ3) is 5.92. The van der Waals surface area contributed by atoms with Crippen LogP contribution in [-0.4, -0.2) is 16.7 Å². The van der Waals surface area contributed by atoms with Crippen LogP contribution < -0.4 is 5.09 Å². The second-order valence-electron chi connectivity index (χ2n) is 6.40. The molecule has 12 heteroatoms. The Morgan fingerprint density at radius 2 is 1.90 bits per heavy atom. The fraction of sp³-hybridized carbons (Fsp3) is 0.263. The third-order valence-electron chi connectivity index (χ3n) is 4.16. The van der Waals surface area contributed by atoms with Gasteiger partial charge in [-0.05, 0) is 36.2 Å². The monoisotopic (exact) mass is 477 g/mol. The minimum absolute atomic E-state index is 0.0351. The highest BCUT2D eigenvalue weighted by Gasteiger charge is 2.36. The molecule has 1 unspecified atom stereocenters. The molecule has 0 spiro atoms. The fourth-order valence-electron chi connectivity index (χ4n) is 2.70. The van der Waals surface area contributed by atoms with E-state index in [4.69, 9.17) is 16.1 Å². The maximum absolute atomic E-state index is 14.6. The van der Waals surface area contributed by atoms with Gasteiger partial charge < -0.3 is 9.05 Å². The minimum atomic E-state index is -3.85. The van der Waals surface area contributed by atoms with Crippen molar-refractivity contribution in [2.45, 2.75) is 25.0 Å². The van der Waals surface area contributed by atoms with Crippen LogP contribution in [0.25, 0.3) is 11.4 Å². The molecule has 0 aliphatic rings. The molecule has 2 aromatic carbocycles. The summed E-state index contributed by atoms with van der Waals surface area (Å²) < 4.78 is 77.3. The summed E-state index contributed by atoms with van der Waals surface area (Å²) in [6, 6.07) is 9.60. The van der Waals surface area contributed by atoms with Crippen molar-refractivity contribution in [3.05, 3.63) is 71.1 Å². The van der Waals surface area contributed by atoms with Gasteiger partial charge in [0.05, 0.1) is 12.8 Å². The topological polar surface area (TPSA) is 77.2 Å². The molecule has 31 heavy (non-hydrogen) atoms. The summed E-state index contributed by atoms with van der Waals surface area (Å²) in [4.78, 5) is 3.44. The molecular formula is C19H17ClF4N3O3P. The predicted molar refractivity (Wildman–Crippen MR) is 106 cm³/mol. The molecule has 1 N–H and O–H groups in total. The van der Waals surface area contributed by atoms with E-state index in [0.29, 0.717) is 0 Å². The van der Waals surface area contributed by atoms with Gasteiger partial charge in [-0.3, -0.25) is 4.57 Å². The van der Waals surface area contributed by atoms with E-state index in [1.54, 1.807) is 13.0 Å². The zero-order chi connectivity index (χ0) is 22.6.